The molecule has 0 fully saturated rings. The van der Waals surface area contributed by atoms with Crippen LogP contribution in [0.2, 0.25) is 0 Å². The number of hydrogen-bond acceptors (Lipinski definition) is 9. The first-order valence-electron chi connectivity index (χ1n) is 8.56. The number of nitrogens with one attached hydrogen (secondary N) is 1. The summed E-state index contributed by atoms with van der Waals surface area (Å²) in [4.78, 5) is 30.6. The molecule has 150 valence electrons. The molecular weight excluding hydrogens is 368 g/mol. The van der Waals surface area contributed by atoms with Gasteiger partial charge in [-0.2, -0.15) is 0 Å². The number of non-ortho nitro benzene ring substituents is 1. The second kappa shape index (κ2) is 10.3. The number of rotatable bonds is 10. The zero-order valence-electron chi connectivity index (χ0n) is 15.9. The van der Waals surface area contributed by atoms with Crippen molar-refractivity contribution in [1.82, 2.24) is 9.97 Å². The topological polar surface area (TPSA) is 126 Å². The van der Waals surface area contributed by atoms with Crippen LogP contribution in [0.3, 0.4) is 0 Å². The van der Waals surface area contributed by atoms with E-state index in [9.17, 15) is 14.9 Å². The van der Waals surface area contributed by atoms with Crippen LogP contribution in [0.15, 0.2) is 30.5 Å². The maximum Gasteiger partial charge on any atom is 0.311 e. The lowest BCUT2D eigenvalue weighted by Crippen LogP contribution is -2.24. The molecule has 1 heterocycles. The van der Waals surface area contributed by atoms with Crippen molar-refractivity contribution in [1.29, 1.82) is 0 Å². The Kier molecular flexibility index (Phi) is 7.78. The average Bonchev–Trinajstić information content (AvgIpc) is 2.70. The van der Waals surface area contributed by atoms with E-state index in [2.05, 4.69) is 15.3 Å². The Balaban J connectivity index is 2.21. The molecule has 10 nitrogen and oxygen atoms in total. The number of hydrogen-bond donors (Lipinski definition) is 1. The van der Waals surface area contributed by atoms with E-state index in [1.54, 1.807) is 19.1 Å². The van der Waals surface area contributed by atoms with Gasteiger partial charge in [-0.3, -0.25) is 14.9 Å². The molecule has 0 atom stereocenters. The summed E-state index contributed by atoms with van der Waals surface area (Å²) in [5.74, 6) is 0.571. The lowest BCUT2D eigenvalue weighted by atomic mass is 10.1. The van der Waals surface area contributed by atoms with Crippen molar-refractivity contribution >= 4 is 17.5 Å². The molecule has 0 bridgehead atoms. The fraction of sp³-hybridized carbons (Fsp3) is 0.389. The van der Waals surface area contributed by atoms with Gasteiger partial charge in [0.2, 0.25) is 0 Å². The molecule has 0 aliphatic heterocycles. The Morgan fingerprint density at radius 1 is 1.25 bits per heavy atom. The largest absolute Gasteiger partial charge is 0.421 e. The quantitative estimate of drug-likeness (QED) is 0.281. The first-order valence-corrected chi connectivity index (χ1v) is 8.56. The number of nitro groups is 1. The Morgan fingerprint density at radius 2 is 1.93 bits per heavy atom. The molecule has 0 spiro atoms. The van der Waals surface area contributed by atoms with E-state index in [-0.39, 0.29) is 24.4 Å². The fourth-order valence-corrected chi connectivity index (χ4v) is 2.25. The van der Waals surface area contributed by atoms with Crippen molar-refractivity contribution in [2.24, 2.45) is 0 Å². The van der Waals surface area contributed by atoms with E-state index < -0.39 is 17.2 Å². The van der Waals surface area contributed by atoms with Gasteiger partial charge in [-0.25, -0.2) is 9.97 Å². The van der Waals surface area contributed by atoms with E-state index in [4.69, 9.17) is 14.2 Å². The van der Waals surface area contributed by atoms with Gasteiger partial charge in [-0.1, -0.05) is 19.1 Å². The average molecular weight is 390 g/mol. The van der Waals surface area contributed by atoms with Gasteiger partial charge in [0.15, 0.2) is 17.9 Å². The Morgan fingerprint density at radius 3 is 2.50 bits per heavy atom. The molecule has 1 N–H and O–H groups in total. The molecule has 0 saturated heterocycles. The fourth-order valence-electron chi connectivity index (χ4n) is 2.25. The molecule has 28 heavy (non-hydrogen) atoms. The summed E-state index contributed by atoms with van der Waals surface area (Å²) in [6.07, 6.45) is 1.47. The summed E-state index contributed by atoms with van der Waals surface area (Å²) in [6, 6.07) is 6.14. The van der Waals surface area contributed by atoms with Crippen LogP contribution in [-0.2, 0) is 20.7 Å². The van der Waals surface area contributed by atoms with Gasteiger partial charge >= 0.3 is 5.97 Å². The van der Waals surface area contributed by atoms with Crippen molar-refractivity contribution < 1.29 is 23.9 Å². The molecule has 2 aromatic rings. The van der Waals surface area contributed by atoms with Gasteiger partial charge < -0.3 is 19.5 Å². The molecule has 1 aromatic heterocycles. The lowest BCUT2D eigenvalue weighted by Gasteiger charge is -2.16. The predicted octanol–water partition coefficient (Wildman–Crippen LogP) is 2.32. The van der Waals surface area contributed by atoms with E-state index >= 15 is 0 Å². The number of carbonyl (C=O) groups excluding carboxylic acids is 1. The third-order valence-electron chi connectivity index (χ3n) is 3.79. The monoisotopic (exact) mass is 390 g/mol. The summed E-state index contributed by atoms with van der Waals surface area (Å²) >= 11 is 0. The third-order valence-corrected chi connectivity index (χ3v) is 3.79. The van der Waals surface area contributed by atoms with Gasteiger partial charge in [0, 0.05) is 39.2 Å². The summed E-state index contributed by atoms with van der Waals surface area (Å²) in [5.41, 5.74) is 0.820. The number of benzene rings is 1. The minimum absolute atomic E-state index is 0.0130. The summed E-state index contributed by atoms with van der Waals surface area (Å²) in [6.45, 7) is 1.96. The maximum absolute atomic E-state index is 11.6. The number of nitrogens with zero attached hydrogens (tertiary/aromatic N) is 3. The van der Waals surface area contributed by atoms with Crippen molar-refractivity contribution in [2.75, 3.05) is 26.1 Å². The highest BCUT2D eigenvalue weighted by Gasteiger charge is 2.14. The number of nitro benzene ring substituents is 1. The lowest BCUT2D eigenvalue weighted by molar-refractivity contribution is -0.384. The molecule has 2 rings (SSSR count). The van der Waals surface area contributed by atoms with Crippen LogP contribution in [0.1, 0.15) is 24.7 Å². The van der Waals surface area contributed by atoms with Crippen LogP contribution >= 0.6 is 0 Å². The SMILES string of the molecule is CCC(=O)Oc1cnc(Cc2ccc([N+](=O)[O-])cc2)nc1NCC(OC)OC. The van der Waals surface area contributed by atoms with Crippen LogP contribution in [0.4, 0.5) is 11.5 Å². The van der Waals surface area contributed by atoms with Gasteiger partial charge in [0.25, 0.3) is 5.69 Å². The molecular formula is C18H22N4O6. The third kappa shape index (κ3) is 5.96. The zero-order valence-corrected chi connectivity index (χ0v) is 15.9. The van der Waals surface area contributed by atoms with Crippen LogP contribution < -0.4 is 10.1 Å². The molecule has 10 heteroatoms. The zero-order chi connectivity index (χ0) is 20.5. The number of anilines is 1. The summed E-state index contributed by atoms with van der Waals surface area (Å²) in [5, 5.41) is 13.8. The van der Waals surface area contributed by atoms with Gasteiger partial charge in [-0.15, -0.1) is 0 Å². The smallest absolute Gasteiger partial charge is 0.311 e. The van der Waals surface area contributed by atoms with Gasteiger partial charge in [0.05, 0.1) is 17.7 Å². The molecule has 0 saturated carbocycles. The van der Waals surface area contributed by atoms with Crippen molar-refractivity contribution in [3.63, 3.8) is 0 Å². The standard InChI is InChI=1S/C18H22N4O6/c1-4-16(23)28-14-10-19-15(21-18(14)20-11-17(26-2)27-3)9-12-5-7-13(8-6-12)22(24)25/h5-8,10,17H,4,9,11H2,1-3H3,(H,19,20,21). The highest BCUT2D eigenvalue weighted by Crippen LogP contribution is 2.23. The molecule has 0 aliphatic carbocycles. The van der Waals surface area contributed by atoms with E-state index in [1.807, 2.05) is 0 Å². The van der Waals surface area contributed by atoms with Crippen molar-refractivity contribution in [3.05, 3.63) is 52.0 Å². The van der Waals surface area contributed by atoms with Crippen LogP contribution in [0, 0.1) is 10.1 Å². The molecule has 0 radical (unpaired) electrons. The molecule has 0 amide bonds. The van der Waals surface area contributed by atoms with E-state index in [0.717, 1.165) is 5.56 Å². The Labute approximate surface area is 162 Å². The Bertz CT molecular complexity index is 808. The van der Waals surface area contributed by atoms with Gasteiger partial charge in [-0.05, 0) is 5.56 Å². The maximum atomic E-state index is 11.6. The molecule has 0 aliphatic rings. The summed E-state index contributed by atoms with van der Waals surface area (Å²) < 4.78 is 15.5. The molecule has 1 aromatic carbocycles. The minimum Gasteiger partial charge on any atom is -0.421 e. The number of methoxy groups -OCH3 is 2. The second-order valence-electron chi connectivity index (χ2n) is 5.71. The van der Waals surface area contributed by atoms with Gasteiger partial charge in [0.1, 0.15) is 5.82 Å². The minimum atomic E-state index is -0.511. The van der Waals surface area contributed by atoms with Crippen LogP contribution in [0.25, 0.3) is 0 Å². The van der Waals surface area contributed by atoms with E-state index in [0.29, 0.717) is 18.1 Å². The Hall–Kier alpha value is -3.11. The first kappa shape index (κ1) is 21.2. The highest BCUT2D eigenvalue weighted by molar-refractivity contribution is 5.73. The van der Waals surface area contributed by atoms with Crippen molar-refractivity contribution in [2.45, 2.75) is 26.1 Å². The number of esters is 1. The highest BCUT2D eigenvalue weighted by atomic mass is 16.7. The van der Waals surface area contributed by atoms with E-state index in [1.165, 1.54) is 32.5 Å². The van der Waals surface area contributed by atoms with Crippen molar-refractivity contribution in [3.8, 4) is 5.75 Å². The number of carbonyl (C=O) groups is 1. The summed E-state index contributed by atoms with van der Waals surface area (Å²) in [7, 11) is 3.02. The normalized spacial score (nSPS) is 10.7. The van der Waals surface area contributed by atoms with Crippen LogP contribution in [0.5, 0.6) is 5.75 Å². The predicted molar refractivity (Wildman–Crippen MR) is 100 cm³/mol. The molecule has 0 unspecified atom stereocenters. The first-order chi connectivity index (χ1) is 13.5. The number of ether oxygens (including phenoxy) is 3. The second-order valence-corrected chi connectivity index (χ2v) is 5.71. The van der Waals surface area contributed by atoms with Crippen LogP contribution in [-0.4, -0.2) is 47.9 Å². The number of aromatic nitrogens is 2.